The summed E-state index contributed by atoms with van der Waals surface area (Å²) in [5, 5.41) is 12.4. The number of halogens is 2. The van der Waals surface area contributed by atoms with Crippen LogP contribution in [0.2, 0.25) is 0 Å². The monoisotopic (exact) mass is 444 g/mol. The van der Waals surface area contributed by atoms with Gasteiger partial charge in [-0.05, 0) is 36.4 Å². The van der Waals surface area contributed by atoms with E-state index in [9.17, 15) is 22.7 Å². The molecule has 2 N–H and O–H groups in total. The van der Waals surface area contributed by atoms with Crippen LogP contribution in [0.15, 0.2) is 45.8 Å². The summed E-state index contributed by atoms with van der Waals surface area (Å²) < 4.78 is 40.2. The number of nitrogens with zero attached hydrogens (tertiary/aromatic N) is 1. The van der Waals surface area contributed by atoms with Crippen molar-refractivity contribution in [2.24, 2.45) is 0 Å². The number of sulfonamides is 1. The molecule has 0 aliphatic carbocycles. The number of benzene rings is 2. The summed E-state index contributed by atoms with van der Waals surface area (Å²) in [5.74, 6) is -1.59. The third-order valence-electron chi connectivity index (χ3n) is 3.68. The van der Waals surface area contributed by atoms with Crippen LogP contribution in [0.5, 0.6) is 5.75 Å². The first-order valence-corrected chi connectivity index (χ1v) is 10.0. The van der Waals surface area contributed by atoms with Gasteiger partial charge < -0.3 is 10.4 Å². The van der Waals surface area contributed by atoms with E-state index in [4.69, 9.17) is 0 Å². The lowest BCUT2D eigenvalue weighted by Gasteiger charge is -2.19. The van der Waals surface area contributed by atoms with E-state index in [1.54, 1.807) is 13.8 Å². The maximum Gasteiger partial charge on any atom is 0.255 e. The van der Waals surface area contributed by atoms with Gasteiger partial charge in [0.1, 0.15) is 11.6 Å². The molecular formula is C17H18BrFN2O4S. The van der Waals surface area contributed by atoms with Crippen molar-refractivity contribution in [3.63, 3.8) is 0 Å². The highest BCUT2D eigenvalue weighted by Crippen LogP contribution is 2.28. The van der Waals surface area contributed by atoms with Crippen molar-refractivity contribution in [3.8, 4) is 5.75 Å². The highest BCUT2D eigenvalue weighted by molar-refractivity contribution is 9.10. The van der Waals surface area contributed by atoms with Crippen LogP contribution in [-0.4, -0.2) is 36.8 Å². The molecular weight excluding hydrogens is 427 g/mol. The zero-order valence-electron chi connectivity index (χ0n) is 14.2. The lowest BCUT2D eigenvalue weighted by atomic mass is 10.2. The predicted octanol–water partition coefficient (Wildman–Crippen LogP) is 3.58. The lowest BCUT2D eigenvalue weighted by molar-refractivity contribution is 0.102. The van der Waals surface area contributed by atoms with Crippen molar-refractivity contribution in [3.05, 3.63) is 52.3 Å². The second kappa shape index (κ2) is 8.15. The summed E-state index contributed by atoms with van der Waals surface area (Å²) in [5.41, 5.74) is -0.0584. The van der Waals surface area contributed by atoms with Crippen molar-refractivity contribution in [1.29, 1.82) is 0 Å². The molecule has 0 bridgehead atoms. The van der Waals surface area contributed by atoms with E-state index < -0.39 is 21.7 Å². The van der Waals surface area contributed by atoms with Gasteiger partial charge in [0.05, 0.1) is 10.6 Å². The molecule has 1 amide bonds. The lowest BCUT2D eigenvalue weighted by Crippen LogP contribution is -2.30. The second-order valence-corrected chi connectivity index (χ2v) is 8.23. The van der Waals surface area contributed by atoms with Crippen molar-refractivity contribution >= 4 is 37.5 Å². The minimum atomic E-state index is -3.75. The molecule has 0 saturated carbocycles. The Morgan fingerprint density at radius 1 is 1.19 bits per heavy atom. The molecule has 0 aromatic heterocycles. The highest BCUT2D eigenvalue weighted by Gasteiger charge is 2.23. The van der Waals surface area contributed by atoms with Crippen molar-refractivity contribution in [2.45, 2.75) is 18.7 Å². The quantitative estimate of drug-likeness (QED) is 0.666. The first kappa shape index (κ1) is 20.3. The number of phenolic OH excluding ortho intramolecular Hbond substituents is 1. The summed E-state index contributed by atoms with van der Waals surface area (Å²) in [4.78, 5) is 12.2. The van der Waals surface area contributed by atoms with E-state index in [1.165, 1.54) is 34.6 Å². The van der Waals surface area contributed by atoms with Crippen LogP contribution in [0.3, 0.4) is 0 Å². The van der Waals surface area contributed by atoms with Gasteiger partial charge in [-0.15, -0.1) is 0 Å². The number of hydrogen-bond acceptors (Lipinski definition) is 4. The standard InChI is InChI=1S/C17H18BrFN2O4S/c1-3-21(4-2)26(24,25)14-5-6-16(22)15(10-14)20-17(23)11-7-12(18)9-13(19)8-11/h5-10,22H,3-4H2,1-2H3,(H,20,23). The third-order valence-corrected chi connectivity index (χ3v) is 6.19. The van der Waals surface area contributed by atoms with Crippen LogP contribution in [0.25, 0.3) is 0 Å². The van der Waals surface area contributed by atoms with Crippen LogP contribution in [0.1, 0.15) is 24.2 Å². The number of anilines is 1. The summed E-state index contributed by atoms with van der Waals surface area (Å²) in [6.45, 7) is 4.01. The first-order valence-electron chi connectivity index (χ1n) is 7.79. The SMILES string of the molecule is CCN(CC)S(=O)(=O)c1ccc(O)c(NC(=O)c2cc(F)cc(Br)c2)c1. The van der Waals surface area contributed by atoms with E-state index in [-0.39, 0.29) is 21.9 Å². The fraction of sp³-hybridized carbons (Fsp3) is 0.235. The highest BCUT2D eigenvalue weighted by atomic mass is 79.9. The minimum Gasteiger partial charge on any atom is -0.506 e. The van der Waals surface area contributed by atoms with E-state index in [0.717, 1.165) is 6.07 Å². The Bertz CT molecular complexity index is 910. The van der Waals surface area contributed by atoms with E-state index in [1.807, 2.05) is 0 Å². The Hall–Kier alpha value is -1.97. The molecule has 0 fully saturated rings. The molecule has 2 rings (SSSR count). The zero-order chi connectivity index (χ0) is 19.5. The largest absolute Gasteiger partial charge is 0.506 e. The molecule has 0 atom stereocenters. The minimum absolute atomic E-state index is 0.0216. The number of hydrogen-bond donors (Lipinski definition) is 2. The predicted molar refractivity (Wildman–Crippen MR) is 100 cm³/mol. The fourth-order valence-corrected chi connectivity index (χ4v) is 4.32. The number of carbonyl (C=O) groups excluding carboxylic acids is 1. The summed E-state index contributed by atoms with van der Waals surface area (Å²) in [6.07, 6.45) is 0. The number of aromatic hydroxyl groups is 1. The normalized spacial score (nSPS) is 11.6. The molecule has 9 heteroatoms. The Kier molecular flexibility index (Phi) is 6.38. The van der Waals surface area contributed by atoms with Crippen LogP contribution in [-0.2, 0) is 10.0 Å². The summed E-state index contributed by atoms with van der Waals surface area (Å²) >= 11 is 3.10. The molecule has 2 aromatic carbocycles. The Labute approximate surface area is 159 Å². The van der Waals surface area contributed by atoms with Gasteiger partial charge in [0.2, 0.25) is 10.0 Å². The molecule has 0 saturated heterocycles. The van der Waals surface area contributed by atoms with Gasteiger partial charge in [0.15, 0.2) is 0 Å². The molecule has 140 valence electrons. The average molecular weight is 445 g/mol. The van der Waals surface area contributed by atoms with Crippen LogP contribution < -0.4 is 5.32 Å². The number of carbonyl (C=O) groups is 1. The van der Waals surface area contributed by atoms with Gasteiger partial charge in [0, 0.05) is 23.1 Å². The molecule has 0 radical (unpaired) electrons. The van der Waals surface area contributed by atoms with E-state index >= 15 is 0 Å². The zero-order valence-corrected chi connectivity index (χ0v) is 16.6. The average Bonchev–Trinajstić information content (AvgIpc) is 2.56. The maximum absolute atomic E-state index is 13.4. The van der Waals surface area contributed by atoms with Crippen LogP contribution in [0.4, 0.5) is 10.1 Å². The molecule has 0 spiro atoms. The van der Waals surface area contributed by atoms with E-state index in [2.05, 4.69) is 21.2 Å². The molecule has 0 aliphatic rings. The first-order chi connectivity index (χ1) is 12.2. The van der Waals surface area contributed by atoms with Crippen LogP contribution in [0, 0.1) is 5.82 Å². The Morgan fingerprint density at radius 3 is 2.42 bits per heavy atom. The van der Waals surface area contributed by atoms with Crippen molar-refractivity contribution < 1.29 is 22.7 Å². The van der Waals surface area contributed by atoms with Gasteiger partial charge in [-0.2, -0.15) is 4.31 Å². The second-order valence-electron chi connectivity index (χ2n) is 5.38. The maximum atomic E-state index is 13.4. The molecule has 26 heavy (non-hydrogen) atoms. The summed E-state index contributed by atoms with van der Waals surface area (Å²) in [7, 11) is -3.75. The number of phenols is 1. The van der Waals surface area contributed by atoms with Gasteiger partial charge >= 0.3 is 0 Å². The number of amides is 1. The number of rotatable bonds is 6. The number of nitrogens with one attached hydrogen (secondary N) is 1. The summed E-state index contributed by atoms with van der Waals surface area (Å²) in [6, 6.07) is 7.27. The van der Waals surface area contributed by atoms with Gasteiger partial charge in [-0.25, -0.2) is 12.8 Å². The van der Waals surface area contributed by atoms with Crippen molar-refractivity contribution in [2.75, 3.05) is 18.4 Å². The van der Waals surface area contributed by atoms with Crippen LogP contribution >= 0.6 is 15.9 Å². The fourth-order valence-electron chi connectivity index (χ4n) is 2.37. The molecule has 0 unspecified atom stereocenters. The Balaban J connectivity index is 2.37. The van der Waals surface area contributed by atoms with Gasteiger partial charge in [-0.3, -0.25) is 4.79 Å². The molecule has 6 nitrogen and oxygen atoms in total. The Morgan fingerprint density at radius 2 is 1.85 bits per heavy atom. The topological polar surface area (TPSA) is 86.7 Å². The van der Waals surface area contributed by atoms with Gasteiger partial charge in [0.25, 0.3) is 5.91 Å². The molecule has 2 aromatic rings. The smallest absolute Gasteiger partial charge is 0.255 e. The third kappa shape index (κ3) is 4.40. The van der Waals surface area contributed by atoms with Gasteiger partial charge in [-0.1, -0.05) is 29.8 Å². The van der Waals surface area contributed by atoms with Crippen molar-refractivity contribution in [1.82, 2.24) is 4.31 Å². The van der Waals surface area contributed by atoms with E-state index in [0.29, 0.717) is 17.6 Å². The molecule has 0 heterocycles. The molecule has 0 aliphatic heterocycles.